The summed E-state index contributed by atoms with van der Waals surface area (Å²) in [7, 11) is 3.16. The van der Waals surface area contributed by atoms with Crippen LogP contribution in [0, 0.1) is 17.5 Å². The van der Waals surface area contributed by atoms with Gasteiger partial charge < -0.3 is 5.32 Å². The van der Waals surface area contributed by atoms with E-state index in [2.05, 4.69) is 20.6 Å². The molecule has 2 amide bonds. The van der Waals surface area contributed by atoms with Gasteiger partial charge in [-0.3, -0.25) is 24.1 Å². The van der Waals surface area contributed by atoms with Crippen LogP contribution < -0.4 is 22.0 Å². The van der Waals surface area contributed by atoms with Crippen molar-refractivity contribution in [3.8, 4) is 16.1 Å². The third-order valence-corrected chi connectivity index (χ3v) is 9.03. The van der Waals surface area contributed by atoms with Crippen LogP contribution in [-0.4, -0.2) is 39.2 Å². The molecule has 2 N–H and O–H groups in total. The number of rotatable bonds is 10. The van der Waals surface area contributed by atoms with Gasteiger partial charge in [0.1, 0.15) is 22.3 Å². The Morgan fingerprint density at radius 1 is 0.898 bits per heavy atom. The Bertz CT molecular complexity index is 2240. The molecule has 10 nitrogen and oxygen atoms in total. The largest absolute Gasteiger partial charge is 0.343 e. The normalized spacial score (nSPS) is 11.3. The van der Waals surface area contributed by atoms with Gasteiger partial charge >= 0.3 is 11.7 Å². The van der Waals surface area contributed by atoms with E-state index < -0.39 is 41.3 Å². The lowest BCUT2D eigenvalue weighted by atomic mass is 10.1. The molecule has 3 heterocycles. The number of hydrogen-bond donors (Lipinski definition) is 2. The molecule has 49 heavy (non-hydrogen) atoms. The fourth-order valence-electron chi connectivity index (χ4n) is 5.50. The van der Waals surface area contributed by atoms with Crippen molar-refractivity contribution in [3.05, 3.63) is 146 Å². The van der Waals surface area contributed by atoms with Crippen LogP contribution in [-0.2, 0) is 24.5 Å². The number of thiophene rings is 1. The third kappa shape index (κ3) is 7.02. The number of carbonyl (C=O) groups excluding carboxylic acids is 1. The van der Waals surface area contributed by atoms with Crippen LogP contribution >= 0.6 is 11.3 Å². The van der Waals surface area contributed by atoms with Crippen molar-refractivity contribution in [1.29, 1.82) is 0 Å². The predicted molar refractivity (Wildman–Crippen MR) is 181 cm³/mol. The number of fused-ring (bicyclic) bond motifs is 1. The molecule has 250 valence electrons. The number of urea groups is 1. The second-order valence-electron chi connectivity index (χ2n) is 11.1. The fourth-order valence-corrected chi connectivity index (χ4v) is 6.80. The van der Waals surface area contributed by atoms with Gasteiger partial charge in [-0.05, 0) is 78.8 Å². The number of hydrogen-bond acceptors (Lipinski definition) is 7. The first kappa shape index (κ1) is 33.3. The van der Waals surface area contributed by atoms with Crippen molar-refractivity contribution in [2.24, 2.45) is 0 Å². The zero-order valence-electron chi connectivity index (χ0n) is 26.2. The molecule has 0 aliphatic rings. The van der Waals surface area contributed by atoms with Crippen LogP contribution in [0.3, 0.4) is 0 Å². The van der Waals surface area contributed by atoms with Gasteiger partial charge in [0.15, 0.2) is 0 Å². The molecule has 0 saturated carbocycles. The van der Waals surface area contributed by atoms with Gasteiger partial charge in [-0.1, -0.05) is 24.3 Å². The Labute approximate surface area is 281 Å². The van der Waals surface area contributed by atoms with E-state index in [0.29, 0.717) is 28.2 Å². The molecule has 3 aromatic carbocycles. The molecule has 0 aliphatic carbocycles. The van der Waals surface area contributed by atoms with E-state index >= 15 is 8.78 Å². The van der Waals surface area contributed by atoms with E-state index in [4.69, 9.17) is 0 Å². The summed E-state index contributed by atoms with van der Waals surface area (Å²) in [6.45, 7) is 0.115. The second kappa shape index (κ2) is 14.3. The lowest BCUT2D eigenvalue weighted by Gasteiger charge is -2.18. The van der Waals surface area contributed by atoms with Gasteiger partial charge in [0.05, 0.1) is 30.4 Å². The molecule has 0 bridgehead atoms. The summed E-state index contributed by atoms with van der Waals surface area (Å²) < 4.78 is 46.0. The minimum absolute atomic E-state index is 0.0892. The van der Waals surface area contributed by atoms with E-state index in [1.165, 1.54) is 29.9 Å². The zero-order valence-corrected chi connectivity index (χ0v) is 27.1. The Morgan fingerprint density at radius 2 is 1.61 bits per heavy atom. The minimum atomic E-state index is -0.854. The van der Waals surface area contributed by atoms with Crippen molar-refractivity contribution >= 4 is 33.3 Å². The summed E-state index contributed by atoms with van der Waals surface area (Å²) in [5, 5.41) is 2.79. The molecular weight excluding hydrogens is 657 g/mol. The summed E-state index contributed by atoms with van der Waals surface area (Å²) in [6.07, 6.45) is 1.68. The minimum Gasteiger partial charge on any atom is -0.306 e. The van der Waals surface area contributed by atoms with Crippen LogP contribution in [0.15, 0.2) is 101 Å². The molecule has 0 spiro atoms. The fraction of sp³-hybridized carbons (Fsp3) is 0.143. The van der Waals surface area contributed by atoms with Gasteiger partial charge in [0.25, 0.3) is 5.56 Å². The quantitative estimate of drug-likeness (QED) is 0.170. The highest BCUT2D eigenvalue weighted by Crippen LogP contribution is 2.38. The van der Waals surface area contributed by atoms with Crippen molar-refractivity contribution < 1.29 is 22.8 Å². The Morgan fingerprint density at radius 3 is 2.27 bits per heavy atom. The van der Waals surface area contributed by atoms with E-state index in [-0.39, 0.29) is 28.0 Å². The number of amides is 2. The molecule has 0 atom stereocenters. The average Bonchev–Trinajstić information content (AvgIpc) is 3.45. The lowest BCUT2D eigenvalue weighted by Crippen LogP contribution is -2.39. The Kier molecular flexibility index (Phi) is 9.71. The zero-order chi connectivity index (χ0) is 34.7. The van der Waals surface area contributed by atoms with Crippen LogP contribution in [0.25, 0.3) is 26.3 Å². The molecule has 3 aromatic heterocycles. The average molecular weight is 687 g/mol. The Hall–Kier alpha value is -5.57. The number of nitrogens with zero attached hydrogens (tertiary/aromatic N) is 4. The third-order valence-electron chi connectivity index (χ3n) is 7.72. The maximum absolute atomic E-state index is 15.0. The van der Waals surface area contributed by atoms with Gasteiger partial charge in [0, 0.05) is 35.4 Å². The monoisotopic (exact) mass is 686 g/mol. The summed E-state index contributed by atoms with van der Waals surface area (Å²) in [6, 6.07) is 20.0. The molecule has 0 aliphatic heterocycles. The first-order chi connectivity index (χ1) is 23.6. The number of anilines is 1. The standard InChI is InChI=1S/C35H29F3N6O4S/c1-42(18-24-6-3-4-17-39-24)19-27-30-32(45)44(25-15-11-22(36)12-16-25)35(47)43(20-26-28(37)7-5-8-29(26)38)33(30)49-31(27)21-9-13-23(14-10-21)40-34(46)41-48-2/h3-17H,18-20H2,1-2H3,(H2,40,41,46). The van der Waals surface area contributed by atoms with Crippen molar-refractivity contribution in [3.63, 3.8) is 0 Å². The maximum atomic E-state index is 15.0. The van der Waals surface area contributed by atoms with Crippen LogP contribution in [0.2, 0.25) is 0 Å². The van der Waals surface area contributed by atoms with E-state index in [9.17, 15) is 18.8 Å². The van der Waals surface area contributed by atoms with Gasteiger partial charge in [-0.15, -0.1) is 11.3 Å². The first-order valence-electron chi connectivity index (χ1n) is 14.9. The molecular formula is C35H29F3N6O4S. The number of benzene rings is 3. The van der Waals surface area contributed by atoms with Crippen LogP contribution in [0.5, 0.6) is 0 Å². The molecule has 14 heteroatoms. The summed E-state index contributed by atoms with van der Waals surface area (Å²) >= 11 is 1.13. The predicted octanol–water partition coefficient (Wildman–Crippen LogP) is 6.06. The molecule has 0 saturated heterocycles. The number of hydroxylamine groups is 1. The van der Waals surface area contributed by atoms with E-state index in [0.717, 1.165) is 45.9 Å². The number of halogens is 3. The van der Waals surface area contributed by atoms with E-state index in [1.54, 1.807) is 36.5 Å². The van der Waals surface area contributed by atoms with E-state index in [1.807, 2.05) is 24.1 Å². The SMILES string of the molecule is CONC(=O)Nc1ccc(-c2sc3c(c2CN(C)Cc2ccccn2)c(=O)n(-c2ccc(F)cc2)c(=O)n3Cc2c(F)cccc2F)cc1. The lowest BCUT2D eigenvalue weighted by molar-refractivity contribution is 0.114. The number of carbonyl (C=O) groups is 1. The summed E-state index contributed by atoms with van der Waals surface area (Å²) in [5.41, 5.74) is 2.84. The Balaban J connectivity index is 1.59. The maximum Gasteiger partial charge on any atom is 0.343 e. The highest BCUT2D eigenvalue weighted by Gasteiger charge is 2.26. The van der Waals surface area contributed by atoms with Gasteiger partial charge in [-0.2, -0.15) is 0 Å². The van der Waals surface area contributed by atoms with Gasteiger partial charge in [-0.25, -0.2) is 32.8 Å². The highest BCUT2D eigenvalue weighted by atomic mass is 32.1. The van der Waals surface area contributed by atoms with Crippen molar-refractivity contribution in [1.82, 2.24) is 24.5 Å². The van der Waals surface area contributed by atoms with Crippen LogP contribution in [0.4, 0.5) is 23.7 Å². The molecule has 6 aromatic rings. The van der Waals surface area contributed by atoms with Crippen LogP contribution in [0.1, 0.15) is 16.8 Å². The molecule has 6 rings (SSSR count). The first-order valence-corrected chi connectivity index (χ1v) is 15.7. The van der Waals surface area contributed by atoms with Crippen molar-refractivity contribution in [2.75, 3.05) is 19.5 Å². The summed E-state index contributed by atoms with van der Waals surface area (Å²) in [4.78, 5) is 52.4. The number of aromatic nitrogens is 3. The molecule has 0 radical (unpaired) electrons. The van der Waals surface area contributed by atoms with Crippen molar-refractivity contribution in [2.45, 2.75) is 19.6 Å². The smallest absolute Gasteiger partial charge is 0.306 e. The topological polar surface area (TPSA) is 110 Å². The highest BCUT2D eigenvalue weighted by molar-refractivity contribution is 7.22. The number of nitrogens with one attached hydrogen (secondary N) is 2. The molecule has 0 fully saturated rings. The van der Waals surface area contributed by atoms with Gasteiger partial charge in [0.2, 0.25) is 0 Å². The second-order valence-corrected chi connectivity index (χ2v) is 12.1. The molecule has 0 unspecified atom stereocenters. The summed E-state index contributed by atoms with van der Waals surface area (Å²) in [5.74, 6) is -2.28. The number of pyridine rings is 1.